The highest BCUT2D eigenvalue weighted by molar-refractivity contribution is 5.64. The fraction of sp³-hybridized carbons (Fsp3) is 0.379. The summed E-state index contributed by atoms with van der Waals surface area (Å²) in [5.74, 6) is -2.64. The molecule has 0 aliphatic heterocycles. The molecule has 0 unspecified atom stereocenters. The standard InChI is InChI=1S/C29H29F5O/c1-18-3-7-20(8-4-18)9-13-24-26(30)16-23(17-27(24)31)35-29(33,34)25-14-12-22(15-28(25)32)21-10-5-19(2)6-11-21/h5-6,10-12,14-18,20H,3-4,7-9,13H2,1-2H3. The van der Waals surface area contributed by atoms with Gasteiger partial charge in [-0.3, -0.25) is 0 Å². The molecule has 4 rings (SSSR count). The van der Waals surface area contributed by atoms with Crippen molar-refractivity contribution < 1.29 is 26.7 Å². The van der Waals surface area contributed by atoms with Crippen molar-refractivity contribution >= 4 is 0 Å². The Bertz CT molecular complexity index is 1140. The number of benzene rings is 3. The third-order valence-corrected chi connectivity index (χ3v) is 6.97. The molecular formula is C29H29F5O. The highest BCUT2D eigenvalue weighted by Crippen LogP contribution is 2.37. The fourth-order valence-corrected chi connectivity index (χ4v) is 4.72. The van der Waals surface area contributed by atoms with Crippen LogP contribution in [0, 0.1) is 36.2 Å². The van der Waals surface area contributed by atoms with E-state index in [1.54, 1.807) is 12.1 Å². The van der Waals surface area contributed by atoms with E-state index in [1.165, 1.54) is 6.07 Å². The second-order valence-electron chi connectivity index (χ2n) is 9.71. The molecule has 0 heterocycles. The van der Waals surface area contributed by atoms with Crippen molar-refractivity contribution in [1.29, 1.82) is 0 Å². The summed E-state index contributed by atoms with van der Waals surface area (Å²) in [5, 5.41) is 0. The van der Waals surface area contributed by atoms with Crippen molar-refractivity contribution in [1.82, 2.24) is 0 Å². The molecule has 0 saturated heterocycles. The van der Waals surface area contributed by atoms with Gasteiger partial charge in [-0.05, 0) is 54.9 Å². The quantitative estimate of drug-likeness (QED) is 0.302. The van der Waals surface area contributed by atoms with Crippen LogP contribution in [0.25, 0.3) is 11.1 Å². The summed E-state index contributed by atoms with van der Waals surface area (Å²) in [6.07, 6.45) is 1.02. The van der Waals surface area contributed by atoms with Gasteiger partial charge in [0.2, 0.25) is 0 Å². The van der Waals surface area contributed by atoms with Gasteiger partial charge in [-0.1, -0.05) is 68.5 Å². The number of alkyl halides is 2. The molecule has 0 bridgehead atoms. The molecule has 0 aromatic heterocycles. The minimum absolute atomic E-state index is 0.132. The lowest BCUT2D eigenvalue weighted by atomic mass is 9.80. The van der Waals surface area contributed by atoms with Gasteiger partial charge >= 0.3 is 6.11 Å². The maximum absolute atomic E-state index is 14.8. The summed E-state index contributed by atoms with van der Waals surface area (Å²) < 4.78 is 78.0. The first-order valence-electron chi connectivity index (χ1n) is 12.0. The zero-order chi connectivity index (χ0) is 25.2. The second-order valence-corrected chi connectivity index (χ2v) is 9.71. The van der Waals surface area contributed by atoms with Crippen LogP contribution in [0.15, 0.2) is 54.6 Å². The summed E-state index contributed by atoms with van der Waals surface area (Å²) in [6.45, 7) is 4.11. The Morgan fingerprint density at radius 3 is 2.00 bits per heavy atom. The van der Waals surface area contributed by atoms with Gasteiger partial charge in [0.25, 0.3) is 0 Å². The molecule has 1 saturated carbocycles. The third kappa shape index (κ3) is 6.03. The Morgan fingerprint density at radius 1 is 0.800 bits per heavy atom. The van der Waals surface area contributed by atoms with E-state index in [9.17, 15) is 22.0 Å². The molecule has 0 amide bonds. The van der Waals surface area contributed by atoms with Gasteiger partial charge in [0.15, 0.2) is 0 Å². The van der Waals surface area contributed by atoms with Gasteiger partial charge in [0.1, 0.15) is 23.2 Å². The molecule has 3 aromatic rings. The van der Waals surface area contributed by atoms with Crippen molar-refractivity contribution in [2.24, 2.45) is 11.8 Å². The van der Waals surface area contributed by atoms with Crippen LogP contribution in [-0.4, -0.2) is 0 Å². The van der Waals surface area contributed by atoms with Crippen LogP contribution in [0.4, 0.5) is 22.0 Å². The molecule has 0 N–H and O–H groups in total. The van der Waals surface area contributed by atoms with Gasteiger partial charge in [-0.25, -0.2) is 13.2 Å². The molecule has 0 radical (unpaired) electrons. The van der Waals surface area contributed by atoms with Crippen LogP contribution in [0.5, 0.6) is 5.75 Å². The molecular weight excluding hydrogens is 459 g/mol. The molecule has 1 aliphatic carbocycles. The Kier molecular flexibility index (Phi) is 7.48. The second kappa shape index (κ2) is 10.4. The van der Waals surface area contributed by atoms with Crippen LogP contribution in [0.1, 0.15) is 55.7 Å². The Balaban J connectivity index is 1.47. The zero-order valence-electron chi connectivity index (χ0n) is 19.9. The van der Waals surface area contributed by atoms with Crippen LogP contribution in [0.3, 0.4) is 0 Å². The van der Waals surface area contributed by atoms with Crippen molar-refractivity contribution in [3.8, 4) is 16.9 Å². The summed E-state index contributed by atoms with van der Waals surface area (Å²) in [6, 6.07) is 12.0. The van der Waals surface area contributed by atoms with Crippen molar-refractivity contribution in [2.45, 2.75) is 58.5 Å². The fourth-order valence-electron chi connectivity index (χ4n) is 4.72. The molecule has 1 nitrogen and oxygen atoms in total. The van der Waals surface area contributed by atoms with E-state index in [-0.39, 0.29) is 12.0 Å². The van der Waals surface area contributed by atoms with E-state index in [4.69, 9.17) is 0 Å². The minimum atomic E-state index is -4.12. The zero-order valence-corrected chi connectivity index (χ0v) is 19.9. The van der Waals surface area contributed by atoms with Crippen molar-refractivity contribution in [3.05, 3.63) is 88.7 Å². The Morgan fingerprint density at radius 2 is 1.40 bits per heavy atom. The molecule has 1 aliphatic rings. The number of hydrogen-bond donors (Lipinski definition) is 0. The topological polar surface area (TPSA) is 9.23 Å². The van der Waals surface area contributed by atoms with Crippen LogP contribution in [-0.2, 0) is 12.5 Å². The normalized spacial score (nSPS) is 18.5. The van der Waals surface area contributed by atoms with E-state index in [2.05, 4.69) is 11.7 Å². The number of rotatable bonds is 7. The van der Waals surface area contributed by atoms with E-state index in [1.807, 2.05) is 19.1 Å². The average Bonchev–Trinajstić information content (AvgIpc) is 2.79. The van der Waals surface area contributed by atoms with E-state index >= 15 is 0 Å². The molecule has 0 atom stereocenters. The molecule has 0 spiro atoms. The van der Waals surface area contributed by atoms with E-state index < -0.39 is 34.9 Å². The van der Waals surface area contributed by atoms with Gasteiger partial charge in [0, 0.05) is 17.7 Å². The SMILES string of the molecule is Cc1ccc(-c2ccc(C(F)(F)Oc3cc(F)c(CCC4CCC(C)CC4)c(F)c3)c(F)c2)cc1. The number of aryl methyl sites for hydroxylation is 1. The van der Waals surface area contributed by atoms with Gasteiger partial charge in [-0.2, -0.15) is 8.78 Å². The van der Waals surface area contributed by atoms with E-state index in [0.29, 0.717) is 29.4 Å². The van der Waals surface area contributed by atoms with Crippen LogP contribution >= 0.6 is 0 Å². The Hall–Kier alpha value is -2.89. The minimum Gasteiger partial charge on any atom is -0.429 e. The number of hydrogen-bond acceptors (Lipinski definition) is 1. The number of ether oxygens (including phenoxy) is 1. The molecule has 6 heteroatoms. The smallest absolute Gasteiger partial charge is 0.429 e. The molecule has 1 fully saturated rings. The third-order valence-electron chi connectivity index (χ3n) is 6.97. The lowest BCUT2D eigenvalue weighted by Crippen LogP contribution is -2.23. The highest BCUT2D eigenvalue weighted by atomic mass is 19.3. The largest absolute Gasteiger partial charge is 0.429 e. The lowest BCUT2D eigenvalue weighted by Gasteiger charge is -2.26. The Labute approximate surface area is 202 Å². The van der Waals surface area contributed by atoms with Gasteiger partial charge in [-0.15, -0.1) is 0 Å². The highest BCUT2D eigenvalue weighted by Gasteiger charge is 2.38. The molecule has 35 heavy (non-hydrogen) atoms. The monoisotopic (exact) mass is 488 g/mol. The molecule has 3 aromatic carbocycles. The summed E-state index contributed by atoms with van der Waals surface area (Å²) in [4.78, 5) is 0. The lowest BCUT2D eigenvalue weighted by molar-refractivity contribution is -0.187. The number of halogens is 5. The van der Waals surface area contributed by atoms with Crippen LogP contribution < -0.4 is 4.74 Å². The summed E-state index contributed by atoms with van der Waals surface area (Å²) >= 11 is 0. The average molecular weight is 489 g/mol. The van der Waals surface area contributed by atoms with Crippen molar-refractivity contribution in [2.75, 3.05) is 0 Å². The maximum Gasteiger partial charge on any atom is 0.429 e. The first-order valence-corrected chi connectivity index (χ1v) is 12.0. The predicted octanol–water partition coefficient (Wildman–Crippen LogP) is 8.97. The maximum atomic E-state index is 14.8. The van der Waals surface area contributed by atoms with Crippen LogP contribution in [0.2, 0.25) is 0 Å². The molecule has 186 valence electrons. The predicted molar refractivity (Wildman–Crippen MR) is 127 cm³/mol. The van der Waals surface area contributed by atoms with Gasteiger partial charge in [0.05, 0.1) is 5.56 Å². The summed E-state index contributed by atoms with van der Waals surface area (Å²) in [7, 11) is 0. The van der Waals surface area contributed by atoms with Gasteiger partial charge < -0.3 is 4.74 Å². The first kappa shape index (κ1) is 25.2. The van der Waals surface area contributed by atoms with Crippen molar-refractivity contribution in [3.63, 3.8) is 0 Å². The van der Waals surface area contributed by atoms with E-state index in [0.717, 1.165) is 55.5 Å². The summed E-state index contributed by atoms with van der Waals surface area (Å²) in [5.41, 5.74) is 0.973. The first-order chi connectivity index (χ1) is 16.6.